The molecule has 0 aromatic carbocycles. The van der Waals surface area contributed by atoms with Gasteiger partial charge < -0.3 is 5.11 Å². The molecule has 0 aliphatic heterocycles. The third-order valence-electron chi connectivity index (χ3n) is 7.99. The standard InChI is InChI=1S/C19H28O2/c1-18-9-7-13(20)11-12(18)3-4-14-15-5-6-17(21)19(15,2)10-8-16(14)18/h7,9,12,14-17,21H,3-6,8,10-11H2,1-2H3/t12-,14-,15-,16-,17?,18-,19-/m0/s1. The van der Waals surface area contributed by atoms with E-state index in [-0.39, 0.29) is 16.9 Å². The molecule has 0 aromatic rings. The van der Waals surface area contributed by atoms with E-state index in [0.717, 1.165) is 24.7 Å². The maximum atomic E-state index is 11.8. The van der Waals surface area contributed by atoms with Crippen LogP contribution in [0.4, 0.5) is 0 Å². The van der Waals surface area contributed by atoms with Gasteiger partial charge in [0.05, 0.1) is 6.10 Å². The number of hydrogen-bond acceptors (Lipinski definition) is 2. The number of carbonyl (C=O) groups excluding carboxylic acids is 1. The van der Waals surface area contributed by atoms with Crippen LogP contribution in [-0.4, -0.2) is 17.0 Å². The van der Waals surface area contributed by atoms with Crippen molar-refractivity contribution in [1.82, 2.24) is 0 Å². The van der Waals surface area contributed by atoms with E-state index in [9.17, 15) is 9.90 Å². The lowest BCUT2D eigenvalue weighted by Gasteiger charge is -2.58. The minimum absolute atomic E-state index is 0.0857. The molecule has 0 bridgehead atoms. The Morgan fingerprint density at radius 2 is 1.90 bits per heavy atom. The Balaban J connectivity index is 1.68. The van der Waals surface area contributed by atoms with Crippen LogP contribution in [0.1, 0.15) is 58.8 Å². The van der Waals surface area contributed by atoms with Gasteiger partial charge in [0, 0.05) is 6.42 Å². The number of hydrogen-bond donors (Lipinski definition) is 1. The number of aliphatic hydroxyl groups excluding tert-OH is 1. The molecule has 0 radical (unpaired) electrons. The zero-order valence-corrected chi connectivity index (χ0v) is 13.3. The lowest BCUT2D eigenvalue weighted by molar-refractivity contribution is -0.123. The van der Waals surface area contributed by atoms with Gasteiger partial charge in [0.25, 0.3) is 0 Å². The highest BCUT2D eigenvalue weighted by molar-refractivity contribution is 5.91. The predicted molar refractivity (Wildman–Crippen MR) is 82.6 cm³/mol. The van der Waals surface area contributed by atoms with Gasteiger partial charge in [-0.1, -0.05) is 19.9 Å². The normalized spacial score (nSPS) is 55.8. The Morgan fingerprint density at radius 1 is 1.10 bits per heavy atom. The van der Waals surface area contributed by atoms with Gasteiger partial charge in [-0.05, 0) is 79.1 Å². The highest BCUT2D eigenvalue weighted by Crippen LogP contribution is 2.64. The molecule has 0 spiro atoms. The Morgan fingerprint density at radius 3 is 2.71 bits per heavy atom. The molecule has 1 N–H and O–H groups in total. The third kappa shape index (κ3) is 1.78. The van der Waals surface area contributed by atoms with Crippen molar-refractivity contribution in [2.75, 3.05) is 0 Å². The summed E-state index contributed by atoms with van der Waals surface area (Å²) >= 11 is 0. The van der Waals surface area contributed by atoms with Crippen molar-refractivity contribution < 1.29 is 9.90 Å². The van der Waals surface area contributed by atoms with Crippen LogP contribution in [0.15, 0.2) is 12.2 Å². The van der Waals surface area contributed by atoms with Crippen LogP contribution in [0.5, 0.6) is 0 Å². The van der Waals surface area contributed by atoms with Crippen molar-refractivity contribution in [3.63, 3.8) is 0 Å². The largest absolute Gasteiger partial charge is 0.393 e. The Bertz CT molecular complexity index is 496. The molecule has 4 aliphatic rings. The van der Waals surface area contributed by atoms with E-state index in [1.54, 1.807) is 0 Å². The van der Waals surface area contributed by atoms with Gasteiger partial charge in [0.15, 0.2) is 5.78 Å². The van der Waals surface area contributed by atoms with Gasteiger partial charge in [-0.3, -0.25) is 4.79 Å². The van der Waals surface area contributed by atoms with E-state index >= 15 is 0 Å². The SMILES string of the molecule is C[C@]12C=CC(=O)C[C@@H]1CC[C@@H]1[C@@H]2CC[C@]2(C)C(O)CC[C@@H]12. The number of aliphatic hydroxyl groups is 1. The first-order chi connectivity index (χ1) is 9.95. The maximum absolute atomic E-state index is 11.8. The summed E-state index contributed by atoms with van der Waals surface area (Å²) in [5.74, 6) is 3.08. The maximum Gasteiger partial charge on any atom is 0.155 e. The summed E-state index contributed by atoms with van der Waals surface area (Å²) in [5, 5.41) is 10.4. The van der Waals surface area contributed by atoms with E-state index in [2.05, 4.69) is 19.9 Å². The van der Waals surface area contributed by atoms with Gasteiger partial charge >= 0.3 is 0 Å². The molecule has 2 heteroatoms. The molecule has 4 rings (SSSR count). The number of carbonyl (C=O) groups is 1. The minimum Gasteiger partial charge on any atom is -0.393 e. The second-order valence-corrected chi connectivity index (χ2v) is 8.66. The van der Waals surface area contributed by atoms with Crippen LogP contribution in [-0.2, 0) is 4.79 Å². The summed E-state index contributed by atoms with van der Waals surface area (Å²) in [6, 6.07) is 0. The molecule has 21 heavy (non-hydrogen) atoms. The topological polar surface area (TPSA) is 37.3 Å². The first-order valence-corrected chi connectivity index (χ1v) is 8.85. The molecule has 1 unspecified atom stereocenters. The quantitative estimate of drug-likeness (QED) is 0.737. The second kappa shape index (κ2) is 4.44. The van der Waals surface area contributed by atoms with Crippen molar-refractivity contribution in [2.24, 2.45) is 34.5 Å². The van der Waals surface area contributed by atoms with Crippen molar-refractivity contribution in [3.05, 3.63) is 12.2 Å². The summed E-state index contributed by atoms with van der Waals surface area (Å²) < 4.78 is 0. The molecule has 0 heterocycles. The number of ketones is 1. The van der Waals surface area contributed by atoms with Crippen molar-refractivity contribution >= 4 is 5.78 Å². The minimum atomic E-state index is -0.0857. The zero-order valence-electron chi connectivity index (χ0n) is 13.3. The molecule has 0 aromatic heterocycles. The van der Waals surface area contributed by atoms with Crippen LogP contribution < -0.4 is 0 Å². The first-order valence-electron chi connectivity index (χ1n) is 8.85. The highest BCUT2D eigenvalue weighted by atomic mass is 16.3. The van der Waals surface area contributed by atoms with Crippen LogP contribution in [0, 0.1) is 34.5 Å². The fourth-order valence-corrected chi connectivity index (χ4v) is 6.61. The summed E-state index contributed by atoms with van der Waals surface area (Å²) in [4.78, 5) is 11.8. The molecule has 0 saturated heterocycles. The fourth-order valence-electron chi connectivity index (χ4n) is 6.61. The Kier molecular flexibility index (Phi) is 2.96. The molecule has 4 aliphatic carbocycles. The van der Waals surface area contributed by atoms with E-state index in [1.807, 2.05) is 6.08 Å². The lowest BCUT2D eigenvalue weighted by atomic mass is 9.46. The van der Waals surface area contributed by atoms with Crippen molar-refractivity contribution in [2.45, 2.75) is 64.9 Å². The summed E-state index contributed by atoms with van der Waals surface area (Å²) in [7, 11) is 0. The summed E-state index contributed by atoms with van der Waals surface area (Å²) in [6.07, 6.45) is 11.9. The highest BCUT2D eigenvalue weighted by Gasteiger charge is 2.59. The monoisotopic (exact) mass is 288 g/mol. The lowest BCUT2D eigenvalue weighted by Crippen LogP contribution is -2.52. The summed E-state index contributed by atoms with van der Waals surface area (Å²) in [6.45, 7) is 4.74. The van der Waals surface area contributed by atoms with Crippen LogP contribution in [0.3, 0.4) is 0 Å². The fraction of sp³-hybridized carbons (Fsp3) is 0.842. The van der Waals surface area contributed by atoms with Gasteiger partial charge in [0.1, 0.15) is 0 Å². The van der Waals surface area contributed by atoms with Gasteiger partial charge in [-0.25, -0.2) is 0 Å². The second-order valence-electron chi connectivity index (χ2n) is 8.66. The molecular formula is C19H28O2. The molecule has 0 amide bonds. The number of fused-ring (bicyclic) bond motifs is 5. The van der Waals surface area contributed by atoms with E-state index < -0.39 is 0 Å². The molecule has 116 valence electrons. The molecule has 3 fully saturated rings. The average molecular weight is 288 g/mol. The average Bonchev–Trinajstić information content (AvgIpc) is 2.76. The van der Waals surface area contributed by atoms with Gasteiger partial charge in [0.2, 0.25) is 0 Å². The van der Waals surface area contributed by atoms with Crippen LogP contribution >= 0.6 is 0 Å². The molecular weight excluding hydrogens is 260 g/mol. The third-order valence-corrected chi connectivity index (χ3v) is 7.99. The predicted octanol–water partition coefficient (Wildman–Crippen LogP) is 3.74. The molecule has 7 atom stereocenters. The van der Waals surface area contributed by atoms with Gasteiger partial charge in [-0.2, -0.15) is 0 Å². The van der Waals surface area contributed by atoms with E-state index in [0.29, 0.717) is 17.6 Å². The van der Waals surface area contributed by atoms with E-state index in [1.165, 1.54) is 32.1 Å². The van der Waals surface area contributed by atoms with Crippen molar-refractivity contribution in [3.8, 4) is 0 Å². The first kappa shape index (κ1) is 14.0. The van der Waals surface area contributed by atoms with Crippen LogP contribution in [0.2, 0.25) is 0 Å². The Labute approximate surface area is 128 Å². The molecule has 2 nitrogen and oxygen atoms in total. The van der Waals surface area contributed by atoms with Crippen molar-refractivity contribution in [1.29, 1.82) is 0 Å². The molecule has 3 saturated carbocycles. The van der Waals surface area contributed by atoms with E-state index in [4.69, 9.17) is 0 Å². The van der Waals surface area contributed by atoms with Crippen LogP contribution in [0.25, 0.3) is 0 Å². The summed E-state index contributed by atoms with van der Waals surface area (Å²) in [5.41, 5.74) is 0.393. The Hall–Kier alpha value is -0.630. The number of rotatable bonds is 0. The zero-order chi connectivity index (χ0) is 14.8. The smallest absolute Gasteiger partial charge is 0.155 e. The number of allylic oxidation sites excluding steroid dienone is 2. The van der Waals surface area contributed by atoms with Gasteiger partial charge in [-0.15, -0.1) is 0 Å².